The molecule has 2 aromatic carbocycles. The zero-order chi connectivity index (χ0) is 14.1. The molecule has 100 valence electrons. The van der Waals surface area contributed by atoms with Gasteiger partial charge in [-0.3, -0.25) is 4.98 Å². The fourth-order valence-corrected chi connectivity index (χ4v) is 2.52. The summed E-state index contributed by atoms with van der Waals surface area (Å²) in [6.45, 7) is 2.00. The Morgan fingerprint density at radius 3 is 2.70 bits per heavy atom. The number of anilines is 3. The van der Waals surface area contributed by atoms with Gasteiger partial charge in [0, 0.05) is 16.1 Å². The summed E-state index contributed by atoms with van der Waals surface area (Å²) in [4.78, 5) is 4.48. The van der Waals surface area contributed by atoms with Crippen LogP contribution in [0.1, 0.15) is 5.56 Å². The molecule has 0 aliphatic carbocycles. The van der Waals surface area contributed by atoms with Gasteiger partial charge in [0.25, 0.3) is 0 Å². The molecule has 0 saturated carbocycles. The number of nitrogens with two attached hydrogens (primary N) is 1. The molecule has 0 unspecified atom stereocenters. The van der Waals surface area contributed by atoms with E-state index in [4.69, 9.17) is 5.73 Å². The lowest BCUT2D eigenvalue weighted by molar-refractivity contribution is 1.38. The van der Waals surface area contributed by atoms with Crippen LogP contribution < -0.4 is 11.1 Å². The van der Waals surface area contributed by atoms with Crippen LogP contribution in [0.15, 0.2) is 53.1 Å². The van der Waals surface area contributed by atoms with Crippen LogP contribution in [0.2, 0.25) is 0 Å². The van der Waals surface area contributed by atoms with Crippen molar-refractivity contribution < 1.29 is 0 Å². The van der Waals surface area contributed by atoms with Crippen molar-refractivity contribution in [3.8, 4) is 0 Å². The minimum Gasteiger partial charge on any atom is -0.397 e. The van der Waals surface area contributed by atoms with Gasteiger partial charge in [0.1, 0.15) is 0 Å². The molecule has 0 aliphatic rings. The zero-order valence-corrected chi connectivity index (χ0v) is 12.6. The van der Waals surface area contributed by atoms with Crippen molar-refractivity contribution in [2.24, 2.45) is 0 Å². The summed E-state index contributed by atoms with van der Waals surface area (Å²) >= 11 is 3.44. The van der Waals surface area contributed by atoms with E-state index in [1.807, 2.05) is 49.4 Å². The molecule has 1 heterocycles. The van der Waals surface area contributed by atoms with Crippen LogP contribution in [0, 0.1) is 6.92 Å². The number of aryl methyl sites for hydroxylation is 1. The van der Waals surface area contributed by atoms with Crippen LogP contribution in [-0.2, 0) is 0 Å². The smallest absolute Gasteiger partial charge is 0.0937 e. The SMILES string of the molecule is Cc1cccc(Nc2cccc3cc(Br)cnc23)c1N. The van der Waals surface area contributed by atoms with Crippen molar-refractivity contribution in [3.05, 3.63) is 58.7 Å². The van der Waals surface area contributed by atoms with Gasteiger partial charge in [0.05, 0.1) is 22.6 Å². The van der Waals surface area contributed by atoms with Gasteiger partial charge < -0.3 is 11.1 Å². The van der Waals surface area contributed by atoms with Crippen molar-refractivity contribution in [1.82, 2.24) is 4.98 Å². The maximum atomic E-state index is 6.11. The van der Waals surface area contributed by atoms with E-state index in [2.05, 4.69) is 26.2 Å². The highest BCUT2D eigenvalue weighted by atomic mass is 79.9. The van der Waals surface area contributed by atoms with E-state index in [0.717, 1.165) is 38.0 Å². The number of benzene rings is 2. The lowest BCUT2D eigenvalue weighted by Crippen LogP contribution is -1.99. The quantitative estimate of drug-likeness (QED) is 0.674. The predicted octanol–water partition coefficient (Wildman–Crippen LogP) is 4.63. The van der Waals surface area contributed by atoms with Crippen molar-refractivity contribution in [1.29, 1.82) is 0 Å². The lowest BCUT2D eigenvalue weighted by Gasteiger charge is -2.12. The number of pyridine rings is 1. The van der Waals surface area contributed by atoms with Gasteiger partial charge in [-0.1, -0.05) is 24.3 Å². The Hall–Kier alpha value is -2.07. The second-order valence-corrected chi connectivity index (χ2v) is 5.61. The Balaban J connectivity index is 2.09. The Morgan fingerprint density at radius 1 is 1.10 bits per heavy atom. The third kappa shape index (κ3) is 2.34. The Labute approximate surface area is 126 Å². The number of hydrogen-bond acceptors (Lipinski definition) is 3. The Morgan fingerprint density at radius 2 is 1.85 bits per heavy atom. The van der Waals surface area contributed by atoms with Gasteiger partial charge in [-0.25, -0.2) is 0 Å². The minimum atomic E-state index is 0.765. The molecule has 0 spiro atoms. The number of aromatic nitrogens is 1. The van der Waals surface area contributed by atoms with E-state index in [1.54, 1.807) is 6.20 Å². The number of para-hydroxylation sites is 2. The molecule has 0 bridgehead atoms. The molecule has 1 aromatic heterocycles. The molecule has 3 aromatic rings. The summed E-state index contributed by atoms with van der Waals surface area (Å²) in [7, 11) is 0. The van der Waals surface area contributed by atoms with Crippen LogP contribution in [0.3, 0.4) is 0 Å². The highest BCUT2D eigenvalue weighted by Gasteiger charge is 2.06. The maximum absolute atomic E-state index is 6.11. The van der Waals surface area contributed by atoms with Crippen molar-refractivity contribution >= 4 is 43.9 Å². The zero-order valence-electron chi connectivity index (χ0n) is 11.0. The molecular formula is C16H14BrN3. The summed E-state index contributed by atoms with van der Waals surface area (Å²) in [6.07, 6.45) is 1.80. The van der Waals surface area contributed by atoms with Gasteiger partial charge in [-0.2, -0.15) is 0 Å². The van der Waals surface area contributed by atoms with E-state index < -0.39 is 0 Å². The van der Waals surface area contributed by atoms with Gasteiger partial charge in [-0.05, 0) is 46.6 Å². The third-order valence-electron chi connectivity index (χ3n) is 3.27. The molecule has 0 aliphatic heterocycles. The lowest BCUT2D eigenvalue weighted by atomic mass is 10.1. The first-order valence-electron chi connectivity index (χ1n) is 6.31. The molecule has 0 amide bonds. The van der Waals surface area contributed by atoms with Gasteiger partial charge in [0.2, 0.25) is 0 Å². The highest BCUT2D eigenvalue weighted by Crippen LogP contribution is 2.30. The van der Waals surface area contributed by atoms with Crippen LogP contribution >= 0.6 is 15.9 Å². The highest BCUT2D eigenvalue weighted by molar-refractivity contribution is 9.10. The van der Waals surface area contributed by atoms with E-state index in [-0.39, 0.29) is 0 Å². The Bertz CT molecular complexity index is 784. The van der Waals surface area contributed by atoms with Crippen molar-refractivity contribution in [3.63, 3.8) is 0 Å². The minimum absolute atomic E-state index is 0.765. The number of hydrogen-bond donors (Lipinski definition) is 2. The average Bonchev–Trinajstić information content (AvgIpc) is 2.44. The third-order valence-corrected chi connectivity index (χ3v) is 3.70. The van der Waals surface area contributed by atoms with Gasteiger partial charge in [0.15, 0.2) is 0 Å². The number of fused-ring (bicyclic) bond motifs is 1. The number of nitrogens with zero attached hydrogens (tertiary/aromatic N) is 1. The first kappa shape index (κ1) is 12.9. The molecule has 0 saturated heterocycles. The van der Waals surface area contributed by atoms with Gasteiger partial charge in [-0.15, -0.1) is 0 Å². The van der Waals surface area contributed by atoms with Crippen LogP contribution in [-0.4, -0.2) is 4.98 Å². The fourth-order valence-electron chi connectivity index (χ4n) is 2.17. The number of halogens is 1. The summed E-state index contributed by atoms with van der Waals surface area (Å²) in [5.41, 5.74) is 10.7. The Kier molecular flexibility index (Phi) is 3.32. The number of rotatable bonds is 2. The summed E-state index contributed by atoms with van der Waals surface area (Å²) in [6, 6.07) is 14.1. The summed E-state index contributed by atoms with van der Waals surface area (Å²) < 4.78 is 0.970. The van der Waals surface area contributed by atoms with E-state index in [0.29, 0.717) is 0 Å². The molecule has 20 heavy (non-hydrogen) atoms. The van der Waals surface area contributed by atoms with E-state index >= 15 is 0 Å². The number of nitrogens with one attached hydrogen (secondary N) is 1. The molecule has 0 atom stereocenters. The normalized spacial score (nSPS) is 10.7. The van der Waals surface area contributed by atoms with E-state index in [1.165, 1.54) is 0 Å². The number of nitrogen functional groups attached to an aromatic ring is 1. The molecule has 4 heteroatoms. The predicted molar refractivity (Wildman–Crippen MR) is 88.3 cm³/mol. The van der Waals surface area contributed by atoms with E-state index in [9.17, 15) is 0 Å². The van der Waals surface area contributed by atoms with Crippen LogP contribution in [0.4, 0.5) is 17.1 Å². The average molecular weight is 328 g/mol. The molecular weight excluding hydrogens is 314 g/mol. The molecule has 0 radical (unpaired) electrons. The maximum Gasteiger partial charge on any atom is 0.0937 e. The fraction of sp³-hybridized carbons (Fsp3) is 0.0625. The first-order chi connectivity index (χ1) is 9.65. The van der Waals surface area contributed by atoms with Crippen molar-refractivity contribution in [2.45, 2.75) is 6.92 Å². The molecule has 0 fully saturated rings. The van der Waals surface area contributed by atoms with Crippen LogP contribution in [0.25, 0.3) is 10.9 Å². The first-order valence-corrected chi connectivity index (χ1v) is 7.11. The van der Waals surface area contributed by atoms with Crippen molar-refractivity contribution in [2.75, 3.05) is 11.1 Å². The molecule has 3 N–H and O–H groups in total. The standard InChI is InChI=1S/C16H14BrN3/c1-10-4-2-6-13(15(10)18)20-14-7-3-5-11-8-12(17)9-19-16(11)14/h2-9,20H,18H2,1H3. The summed E-state index contributed by atoms with van der Waals surface area (Å²) in [5, 5.41) is 4.45. The topological polar surface area (TPSA) is 50.9 Å². The largest absolute Gasteiger partial charge is 0.397 e. The second kappa shape index (κ2) is 5.13. The van der Waals surface area contributed by atoms with Crippen LogP contribution in [0.5, 0.6) is 0 Å². The second-order valence-electron chi connectivity index (χ2n) is 4.69. The molecule has 3 nitrogen and oxygen atoms in total. The monoisotopic (exact) mass is 327 g/mol. The summed E-state index contributed by atoms with van der Waals surface area (Å²) in [5.74, 6) is 0. The molecule has 3 rings (SSSR count). The van der Waals surface area contributed by atoms with Gasteiger partial charge >= 0.3 is 0 Å².